The lowest BCUT2D eigenvalue weighted by Gasteiger charge is -2.08. The molecule has 1 aromatic carbocycles. The van der Waals surface area contributed by atoms with Crippen molar-refractivity contribution < 1.29 is 4.79 Å². The van der Waals surface area contributed by atoms with E-state index in [0.29, 0.717) is 0 Å². The van der Waals surface area contributed by atoms with Crippen molar-refractivity contribution in [2.24, 2.45) is 0 Å². The van der Waals surface area contributed by atoms with E-state index in [0.717, 1.165) is 29.4 Å². The van der Waals surface area contributed by atoms with Gasteiger partial charge in [0.25, 0.3) is 5.91 Å². The van der Waals surface area contributed by atoms with Crippen LogP contribution in [0.3, 0.4) is 0 Å². The minimum atomic E-state index is 0.0491. The second kappa shape index (κ2) is 8.30. The first kappa shape index (κ1) is 15.2. The number of rotatable bonds is 7. The summed E-state index contributed by atoms with van der Waals surface area (Å²) < 4.78 is 0. The Bertz CT molecular complexity index is 390. The van der Waals surface area contributed by atoms with Gasteiger partial charge in [-0.15, -0.1) is 0 Å². The number of carbonyl (C=O) groups excluding carboxylic acids is 1. The maximum Gasteiger partial charge on any atom is 0.251 e. The number of aryl methyl sites for hydroxylation is 2. The first-order valence-corrected chi connectivity index (χ1v) is 7.68. The number of unbranched alkanes of at least 4 members (excludes halogenated alkanes) is 3. The highest BCUT2D eigenvalue weighted by Gasteiger charge is 2.07. The van der Waals surface area contributed by atoms with E-state index in [4.69, 9.17) is 0 Å². The highest BCUT2D eigenvalue weighted by Crippen LogP contribution is 2.10. The maximum atomic E-state index is 11.9. The molecule has 3 heteroatoms. The van der Waals surface area contributed by atoms with E-state index >= 15 is 0 Å². The summed E-state index contributed by atoms with van der Waals surface area (Å²) in [7, 11) is 0. The van der Waals surface area contributed by atoms with E-state index in [-0.39, 0.29) is 5.91 Å². The van der Waals surface area contributed by atoms with Crippen LogP contribution in [-0.4, -0.2) is 17.8 Å². The molecular weight excluding hydrogens is 290 g/mol. The van der Waals surface area contributed by atoms with Crippen LogP contribution in [0.2, 0.25) is 0 Å². The highest BCUT2D eigenvalue weighted by atomic mass is 79.9. The van der Waals surface area contributed by atoms with Crippen molar-refractivity contribution in [3.8, 4) is 0 Å². The first-order chi connectivity index (χ1) is 8.65. The summed E-state index contributed by atoms with van der Waals surface area (Å²) in [6, 6.07) is 5.94. The largest absolute Gasteiger partial charge is 0.352 e. The van der Waals surface area contributed by atoms with E-state index in [9.17, 15) is 4.79 Å². The number of alkyl halides is 1. The van der Waals surface area contributed by atoms with Gasteiger partial charge in [-0.25, -0.2) is 0 Å². The van der Waals surface area contributed by atoms with E-state index < -0.39 is 0 Å². The van der Waals surface area contributed by atoms with Crippen LogP contribution >= 0.6 is 15.9 Å². The molecule has 0 unspecified atom stereocenters. The van der Waals surface area contributed by atoms with Gasteiger partial charge in [0.05, 0.1) is 0 Å². The predicted molar refractivity (Wildman–Crippen MR) is 80.5 cm³/mol. The Morgan fingerprint density at radius 1 is 1.17 bits per heavy atom. The Labute approximate surface area is 118 Å². The Morgan fingerprint density at radius 2 is 1.89 bits per heavy atom. The van der Waals surface area contributed by atoms with Crippen LogP contribution in [0.25, 0.3) is 0 Å². The van der Waals surface area contributed by atoms with Gasteiger partial charge in [0.1, 0.15) is 0 Å². The molecule has 1 amide bonds. The second-order valence-corrected chi connectivity index (χ2v) is 5.47. The standard InChI is InChI=1S/C15H22BrNO/c1-12-7-8-14(13(2)11-12)15(18)17-10-6-4-3-5-9-16/h7-8,11H,3-6,9-10H2,1-2H3,(H,17,18). The molecule has 0 spiro atoms. The molecule has 2 nitrogen and oxygen atoms in total. The van der Waals surface area contributed by atoms with Crippen LogP contribution in [-0.2, 0) is 0 Å². The van der Waals surface area contributed by atoms with E-state index in [1.807, 2.05) is 32.0 Å². The van der Waals surface area contributed by atoms with Crippen molar-refractivity contribution in [1.82, 2.24) is 5.32 Å². The van der Waals surface area contributed by atoms with Crippen molar-refractivity contribution in [3.05, 3.63) is 34.9 Å². The fraction of sp³-hybridized carbons (Fsp3) is 0.533. The first-order valence-electron chi connectivity index (χ1n) is 6.56. The number of benzene rings is 1. The topological polar surface area (TPSA) is 29.1 Å². The molecule has 0 aliphatic heterocycles. The van der Waals surface area contributed by atoms with Gasteiger partial charge in [-0.2, -0.15) is 0 Å². The van der Waals surface area contributed by atoms with Crippen molar-refractivity contribution in [2.75, 3.05) is 11.9 Å². The van der Waals surface area contributed by atoms with Gasteiger partial charge in [-0.3, -0.25) is 4.79 Å². The van der Waals surface area contributed by atoms with Crippen molar-refractivity contribution >= 4 is 21.8 Å². The van der Waals surface area contributed by atoms with Crippen LogP contribution in [0.1, 0.15) is 47.2 Å². The molecule has 0 atom stereocenters. The predicted octanol–water partition coefficient (Wildman–Crippen LogP) is 3.99. The number of amides is 1. The van der Waals surface area contributed by atoms with E-state index in [2.05, 4.69) is 21.2 Å². The lowest BCUT2D eigenvalue weighted by Crippen LogP contribution is -2.25. The average molecular weight is 312 g/mol. The highest BCUT2D eigenvalue weighted by molar-refractivity contribution is 9.09. The van der Waals surface area contributed by atoms with Gasteiger partial charge in [0.15, 0.2) is 0 Å². The minimum absolute atomic E-state index is 0.0491. The fourth-order valence-electron chi connectivity index (χ4n) is 1.94. The summed E-state index contributed by atoms with van der Waals surface area (Å²) in [6.07, 6.45) is 4.68. The number of halogens is 1. The SMILES string of the molecule is Cc1ccc(C(=O)NCCCCCCBr)c(C)c1. The monoisotopic (exact) mass is 311 g/mol. The normalized spacial score (nSPS) is 10.4. The van der Waals surface area contributed by atoms with Crippen LogP contribution in [0, 0.1) is 13.8 Å². The van der Waals surface area contributed by atoms with Gasteiger partial charge in [-0.05, 0) is 38.3 Å². The fourth-order valence-corrected chi connectivity index (χ4v) is 2.34. The molecule has 1 aromatic rings. The Morgan fingerprint density at radius 3 is 2.56 bits per heavy atom. The molecule has 0 saturated carbocycles. The maximum absolute atomic E-state index is 11.9. The smallest absolute Gasteiger partial charge is 0.251 e. The molecule has 1 rings (SSSR count). The number of hydrogen-bond acceptors (Lipinski definition) is 1. The summed E-state index contributed by atoms with van der Waals surface area (Å²) >= 11 is 3.42. The molecular formula is C15H22BrNO. The van der Waals surface area contributed by atoms with Crippen LogP contribution in [0.4, 0.5) is 0 Å². The molecule has 0 radical (unpaired) electrons. The van der Waals surface area contributed by atoms with Gasteiger partial charge in [0, 0.05) is 17.4 Å². The van der Waals surface area contributed by atoms with Crippen molar-refractivity contribution in [2.45, 2.75) is 39.5 Å². The third-order valence-corrected chi connectivity index (χ3v) is 3.53. The zero-order chi connectivity index (χ0) is 13.4. The lowest BCUT2D eigenvalue weighted by atomic mass is 10.1. The molecule has 0 saturated heterocycles. The zero-order valence-electron chi connectivity index (χ0n) is 11.3. The molecule has 18 heavy (non-hydrogen) atoms. The number of carbonyl (C=O) groups is 1. The summed E-state index contributed by atoms with van der Waals surface area (Å²) in [6.45, 7) is 4.80. The summed E-state index contributed by atoms with van der Waals surface area (Å²) in [5.74, 6) is 0.0491. The molecule has 0 aromatic heterocycles. The van der Waals surface area contributed by atoms with Gasteiger partial charge >= 0.3 is 0 Å². The number of nitrogens with one attached hydrogen (secondary N) is 1. The van der Waals surface area contributed by atoms with Gasteiger partial charge in [0.2, 0.25) is 0 Å². The molecule has 0 aliphatic rings. The quantitative estimate of drug-likeness (QED) is 0.598. The second-order valence-electron chi connectivity index (χ2n) is 4.68. The molecule has 1 N–H and O–H groups in total. The zero-order valence-corrected chi connectivity index (χ0v) is 12.8. The Kier molecular flexibility index (Phi) is 7.02. The molecule has 0 aliphatic carbocycles. The van der Waals surface area contributed by atoms with E-state index in [1.54, 1.807) is 0 Å². The van der Waals surface area contributed by atoms with Gasteiger partial charge < -0.3 is 5.32 Å². The average Bonchev–Trinajstić information content (AvgIpc) is 2.33. The lowest BCUT2D eigenvalue weighted by molar-refractivity contribution is 0.0952. The third-order valence-electron chi connectivity index (χ3n) is 2.97. The summed E-state index contributed by atoms with van der Waals surface area (Å²) in [5.41, 5.74) is 3.03. The van der Waals surface area contributed by atoms with Crippen LogP contribution in [0.5, 0.6) is 0 Å². The summed E-state index contributed by atoms with van der Waals surface area (Å²) in [5, 5.41) is 4.06. The van der Waals surface area contributed by atoms with Crippen molar-refractivity contribution in [1.29, 1.82) is 0 Å². The minimum Gasteiger partial charge on any atom is -0.352 e. The van der Waals surface area contributed by atoms with Crippen LogP contribution < -0.4 is 5.32 Å². The summed E-state index contributed by atoms with van der Waals surface area (Å²) in [4.78, 5) is 11.9. The molecule has 0 heterocycles. The molecule has 100 valence electrons. The molecule has 0 bridgehead atoms. The third kappa shape index (κ3) is 5.21. The van der Waals surface area contributed by atoms with E-state index in [1.165, 1.54) is 24.8 Å². The van der Waals surface area contributed by atoms with Crippen LogP contribution in [0.15, 0.2) is 18.2 Å². The molecule has 0 fully saturated rings. The Hall–Kier alpha value is -0.830. The Balaban J connectivity index is 2.32. The van der Waals surface area contributed by atoms with Gasteiger partial charge in [-0.1, -0.05) is 46.5 Å². The van der Waals surface area contributed by atoms with Crippen molar-refractivity contribution in [3.63, 3.8) is 0 Å². The number of hydrogen-bond donors (Lipinski definition) is 1.